The molecule has 7 nitrogen and oxygen atoms in total. The van der Waals surface area contributed by atoms with E-state index in [4.69, 9.17) is 11.6 Å². The average molecular weight is 410 g/mol. The largest absolute Gasteiger partial charge is 0.351 e. The molecule has 0 bridgehead atoms. The van der Waals surface area contributed by atoms with E-state index in [-0.39, 0.29) is 11.8 Å². The molecule has 29 heavy (non-hydrogen) atoms. The number of carbonyl (C=O) groups is 2. The van der Waals surface area contributed by atoms with Crippen LogP contribution in [0.3, 0.4) is 0 Å². The molecule has 8 heteroatoms. The van der Waals surface area contributed by atoms with E-state index in [0.29, 0.717) is 31.1 Å². The Morgan fingerprint density at radius 1 is 1.14 bits per heavy atom. The number of nitrogens with one attached hydrogen (secondary N) is 1. The van der Waals surface area contributed by atoms with Crippen LogP contribution in [0.25, 0.3) is 0 Å². The molecule has 1 aromatic heterocycles. The van der Waals surface area contributed by atoms with Gasteiger partial charge in [-0.3, -0.25) is 9.59 Å². The second kappa shape index (κ2) is 8.45. The molecule has 3 aromatic rings. The fourth-order valence-corrected chi connectivity index (χ4v) is 3.61. The number of nitrogens with zero attached hydrogens (tertiary/aromatic N) is 4. The molecule has 0 radical (unpaired) electrons. The van der Waals surface area contributed by atoms with Gasteiger partial charge in [0.25, 0.3) is 0 Å². The standard InChI is InChI=1S/C21H20ClN5O2/c22-17-5-7-18(8-6-17)27-10-9-19(21(27)29)20(28)24-11-15-3-1-2-4-16(15)12-26-14-23-13-25-26/h1-8,13-14,19H,9-12H2,(H,24,28). The van der Waals surface area contributed by atoms with Crippen molar-refractivity contribution in [1.82, 2.24) is 20.1 Å². The number of carbonyl (C=O) groups excluding carboxylic acids is 2. The maximum Gasteiger partial charge on any atom is 0.239 e. The summed E-state index contributed by atoms with van der Waals surface area (Å²) >= 11 is 5.91. The molecule has 1 N–H and O–H groups in total. The number of rotatable bonds is 6. The topological polar surface area (TPSA) is 80.1 Å². The summed E-state index contributed by atoms with van der Waals surface area (Å²) in [6.07, 6.45) is 3.63. The number of hydrogen-bond acceptors (Lipinski definition) is 4. The van der Waals surface area contributed by atoms with Gasteiger partial charge in [-0.2, -0.15) is 5.10 Å². The number of hydrogen-bond donors (Lipinski definition) is 1. The summed E-state index contributed by atoms with van der Waals surface area (Å²) in [5.74, 6) is -1.10. The Hall–Kier alpha value is -3.19. The van der Waals surface area contributed by atoms with E-state index in [0.717, 1.165) is 16.8 Å². The van der Waals surface area contributed by atoms with E-state index in [2.05, 4.69) is 15.4 Å². The van der Waals surface area contributed by atoms with Gasteiger partial charge in [0, 0.05) is 23.8 Å². The monoisotopic (exact) mass is 409 g/mol. The highest BCUT2D eigenvalue weighted by atomic mass is 35.5. The Morgan fingerprint density at radius 3 is 2.62 bits per heavy atom. The lowest BCUT2D eigenvalue weighted by atomic mass is 10.1. The maximum atomic E-state index is 12.7. The molecule has 0 aliphatic carbocycles. The first-order valence-electron chi connectivity index (χ1n) is 9.35. The first kappa shape index (κ1) is 19.1. The molecular weight excluding hydrogens is 390 g/mol. The van der Waals surface area contributed by atoms with Crippen LogP contribution in [-0.2, 0) is 22.7 Å². The van der Waals surface area contributed by atoms with Crippen molar-refractivity contribution in [2.24, 2.45) is 5.92 Å². The molecule has 2 aromatic carbocycles. The third kappa shape index (κ3) is 4.30. The SMILES string of the molecule is O=C(NCc1ccccc1Cn1cncn1)C1CCN(c2ccc(Cl)cc2)C1=O. The third-order valence-electron chi connectivity index (χ3n) is 5.03. The Kier molecular flexibility index (Phi) is 5.57. The van der Waals surface area contributed by atoms with Crippen LogP contribution in [0.15, 0.2) is 61.2 Å². The van der Waals surface area contributed by atoms with Gasteiger partial charge in [-0.25, -0.2) is 9.67 Å². The van der Waals surface area contributed by atoms with Crippen molar-refractivity contribution in [3.8, 4) is 0 Å². The fraction of sp³-hybridized carbons (Fsp3) is 0.238. The van der Waals surface area contributed by atoms with Gasteiger partial charge in [-0.15, -0.1) is 0 Å². The second-order valence-electron chi connectivity index (χ2n) is 6.89. The van der Waals surface area contributed by atoms with Crippen LogP contribution >= 0.6 is 11.6 Å². The average Bonchev–Trinajstić information content (AvgIpc) is 3.37. The molecule has 2 amide bonds. The molecule has 2 heterocycles. The Balaban J connectivity index is 1.39. The van der Waals surface area contributed by atoms with Gasteiger partial charge >= 0.3 is 0 Å². The van der Waals surface area contributed by atoms with Crippen molar-refractivity contribution in [3.63, 3.8) is 0 Å². The summed E-state index contributed by atoms with van der Waals surface area (Å²) in [7, 11) is 0. The molecule has 1 fully saturated rings. The van der Waals surface area contributed by atoms with Gasteiger partial charge in [-0.1, -0.05) is 35.9 Å². The van der Waals surface area contributed by atoms with Gasteiger partial charge in [0.2, 0.25) is 11.8 Å². The van der Waals surface area contributed by atoms with Crippen molar-refractivity contribution in [2.75, 3.05) is 11.4 Å². The van der Waals surface area contributed by atoms with Crippen LogP contribution < -0.4 is 10.2 Å². The Morgan fingerprint density at radius 2 is 1.90 bits per heavy atom. The molecule has 0 spiro atoms. The van der Waals surface area contributed by atoms with Gasteiger partial charge in [0.1, 0.15) is 18.6 Å². The van der Waals surface area contributed by atoms with E-state index >= 15 is 0 Å². The maximum absolute atomic E-state index is 12.7. The highest BCUT2D eigenvalue weighted by Gasteiger charge is 2.37. The molecule has 0 saturated carbocycles. The third-order valence-corrected chi connectivity index (χ3v) is 5.28. The van der Waals surface area contributed by atoms with Crippen LogP contribution in [0.1, 0.15) is 17.5 Å². The fourth-order valence-electron chi connectivity index (χ4n) is 3.48. The van der Waals surface area contributed by atoms with Crippen molar-refractivity contribution in [1.29, 1.82) is 0 Å². The molecule has 1 atom stereocenters. The van der Waals surface area contributed by atoms with Crippen LogP contribution in [0.5, 0.6) is 0 Å². The number of halogens is 1. The highest BCUT2D eigenvalue weighted by Crippen LogP contribution is 2.26. The zero-order chi connectivity index (χ0) is 20.2. The first-order chi connectivity index (χ1) is 14.1. The summed E-state index contributed by atoms with van der Waals surface area (Å²) in [6.45, 7) is 1.44. The number of aromatic nitrogens is 3. The zero-order valence-electron chi connectivity index (χ0n) is 15.7. The number of amides is 2. The van der Waals surface area contributed by atoms with Crippen LogP contribution in [0.2, 0.25) is 5.02 Å². The lowest BCUT2D eigenvalue weighted by molar-refractivity contribution is -0.132. The summed E-state index contributed by atoms with van der Waals surface area (Å²) in [5.41, 5.74) is 2.78. The van der Waals surface area contributed by atoms with Crippen LogP contribution in [0, 0.1) is 5.92 Å². The first-order valence-corrected chi connectivity index (χ1v) is 9.73. The van der Waals surface area contributed by atoms with Crippen LogP contribution in [0.4, 0.5) is 5.69 Å². The lowest BCUT2D eigenvalue weighted by Crippen LogP contribution is -2.36. The molecule has 1 aliphatic rings. The van der Waals surface area contributed by atoms with Gasteiger partial charge in [0.05, 0.1) is 6.54 Å². The molecule has 148 valence electrons. The Bertz CT molecular complexity index is 1000. The molecule has 1 aliphatic heterocycles. The highest BCUT2D eigenvalue weighted by molar-refractivity contribution is 6.30. The predicted molar refractivity (Wildman–Crippen MR) is 109 cm³/mol. The lowest BCUT2D eigenvalue weighted by Gasteiger charge is -2.17. The quantitative estimate of drug-likeness (QED) is 0.635. The number of benzene rings is 2. The molecule has 1 saturated heterocycles. The Labute approximate surface area is 173 Å². The molecule has 4 rings (SSSR count). The summed E-state index contributed by atoms with van der Waals surface area (Å²) in [6, 6.07) is 14.9. The number of anilines is 1. The predicted octanol–water partition coefficient (Wildman–Crippen LogP) is 2.65. The van der Waals surface area contributed by atoms with Gasteiger partial charge in [0.15, 0.2) is 0 Å². The van der Waals surface area contributed by atoms with Crippen molar-refractivity contribution in [2.45, 2.75) is 19.5 Å². The summed E-state index contributed by atoms with van der Waals surface area (Å²) in [5, 5.41) is 7.65. The minimum absolute atomic E-state index is 0.180. The van der Waals surface area contributed by atoms with E-state index < -0.39 is 5.92 Å². The minimum atomic E-state index is -0.673. The summed E-state index contributed by atoms with van der Waals surface area (Å²) < 4.78 is 1.73. The molecule has 1 unspecified atom stereocenters. The zero-order valence-corrected chi connectivity index (χ0v) is 16.4. The minimum Gasteiger partial charge on any atom is -0.351 e. The van der Waals surface area contributed by atoms with Crippen molar-refractivity contribution < 1.29 is 9.59 Å². The van der Waals surface area contributed by atoms with Crippen LogP contribution in [-0.4, -0.2) is 33.1 Å². The van der Waals surface area contributed by atoms with Crippen molar-refractivity contribution in [3.05, 3.63) is 77.3 Å². The molecular formula is C21H20ClN5O2. The van der Waals surface area contributed by atoms with E-state index in [9.17, 15) is 9.59 Å². The van der Waals surface area contributed by atoms with Gasteiger partial charge in [-0.05, 0) is 41.8 Å². The van der Waals surface area contributed by atoms with E-state index in [1.54, 1.807) is 40.2 Å². The van der Waals surface area contributed by atoms with E-state index in [1.807, 2.05) is 24.3 Å². The second-order valence-corrected chi connectivity index (χ2v) is 7.32. The normalized spacial score (nSPS) is 16.2. The van der Waals surface area contributed by atoms with E-state index in [1.165, 1.54) is 6.33 Å². The summed E-state index contributed by atoms with van der Waals surface area (Å²) in [4.78, 5) is 31.0. The van der Waals surface area contributed by atoms with Gasteiger partial charge < -0.3 is 10.2 Å². The van der Waals surface area contributed by atoms with Crippen molar-refractivity contribution >= 4 is 29.1 Å². The smallest absolute Gasteiger partial charge is 0.239 e.